The summed E-state index contributed by atoms with van der Waals surface area (Å²) in [6.07, 6.45) is 2.45. The number of hydrogen-bond acceptors (Lipinski definition) is 3. The number of nitrogens with zero attached hydrogens (tertiary/aromatic N) is 3. The smallest absolute Gasteiger partial charge is 0.283 e. The van der Waals surface area contributed by atoms with Gasteiger partial charge in [-0.2, -0.15) is 0 Å². The summed E-state index contributed by atoms with van der Waals surface area (Å²) in [5.74, 6) is 0. The fourth-order valence-corrected chi connectivity index (χ4v) is 1.06. The maximum Gasteiger partial charge on any atom is 0.283 e. The van der Waals surface area contributed by atoms with E-state index in [2.05, 4.69) is 18.2 Å². The van der Waals surface area contributed by atoms with Gasteiger partial charge in [-0.1, -0.05) is 59.7 Å². The van der Waals surface area contributed by atoms with E-state index >= 15 is 0 Å². The minimum Gasteiger partial charge on any atom is -0.720 e. The van der Waals surface area contributed by atoms with Crippen LogP contribution in [0.1, 0.15) is 41.5 Å². The van der Waals surface area contributed by atoms with Gasteiger partial charge in [0.1, 0.15) is 0 Å². The van der Waals surface area contributed by atoms with Crippen LogP contribution in [0.15, 0.2) is 29.4 Å². The summed E-state index contributed by atoms with van der Waals surface area (Å²) < 4.78 is 1.43. The topological polar surface area (TPSA) is 41.7 Å². The van der Waals surface area contributed by atoms with E-state index in [9.17, 15) is 5.21 Å². The van der Waals surface area contributed by atoms with Gasteiger partial charge >= 0.3 is 0 Å². The third-order valence-electron chi connectivity index (χ3n) is 1.63. The summed E-state index contributed by atoms with van der Waals surface area (Å²) in [5.41, 5.74) is 1.20. The molecule has 0 fully saturated rings. The zero-order valence-corrected chi connectivity index (χ0v) is 25.9. The second kappa shape index (κ2) is 28.5. The molecule has 0 bridgehead atoms. The van der Waals surface area contributed by atoms with Gasteiger partial charge in [-0.05, 0) is 17.9 Å². The van der Waals surface area contributed by atoms with Gasteiger partial charge in [-0.3, -0.25) is 5.17 Å². The number of hydrazone groups is 1. The maximum atomic E-state index is 11.1. The van der Waals surface area contributed by atoms with Crippen LogP contribution in [0, 0.1) is 5.21 Å². The van der Waals surface area contributed by atoms with Crippen LogP contribution in [0.5, 0.6) is 0 Å². The molecule has 0 aromatic heterocycles. The van der Waals surface area contributed by atoms with Gasteiger partial charge in [0.15, 0.2) is 0 Å². The summed E-state index contributed by atoms with van der Waals surface area (Å²) in [6.45, 7) is 15.6. The van der Waals surface area contributed by atoms with Gasteiger partial charge in [-0.25, -0.2) is 0 Å². The number of hydrogen-bond donors (Lipinski definition) is 0. The third-order valence-corrected chi connectivity index (χ3v) is 1.63. The molecular weight excluding hydrogens is 582 g/mol. The molecule has 114 valence electrons. The SMILES string of the molecule is C=[N+]1[C-]=NN([O-])c2ccccc21.CC.CC.CC.[Y].[Y].[Y].[Y]. The van der Waals surface area contributed by atoms with Crippen LogP contribution >= 0.6 is 0 Å². The first-order chi connectivity index (χ1) is 8.79. The second-order valence-corrected chi connectivity index (χ2v) is 2.39. The molecule has 22 heavy (non-hydrogen) atoms. The Kier molecular flexibility index (Phi) is 51.5. The molecule has 1 aliphatic heterocycles. The van der Waals surface area contributed by atoms with Crippen molar-refractivity contribution in [2.75, 3.05) is 5.17 Å². The normalized spacial score (nSPS) is 8.86. The molecule has 1 aromatic rings. The molecule has 2 rings (SSSR count). The number of para-hydroxylation sites is 2. The van der Waals surface area contributed by atoms with Crippen LogP contribution in [-0.2, 0) is 131 Å². The van der Waals surface area contributed by atoms with Crippen LogP contribution < -0.4 is 5.17 Å². The van der Waals surface area contributed by atoms with Crippen molar-refractivity contribution in [2.45, 2.75) is 41.5 Å². The van der Waals surface area contributed by atoms with E-state index in [4.69, 9.17) is 0 Å². The van der Waals surface area contributed by atoms with Crippen molar-refractivity contribution >= 4 is 24.4 Å². The molecule has 0 spiro atoms. The molecular formula is C14H24N3OY4-. The Bertz CT molecular complexity index is 377. The summed E-state index contributed by atoms with van der Waals surface area (Å²) in [7, 11) is 0. The molecule has 1 heterocycles. The minimum atomic E-state index is 0. The molecule has 0 unspecified atom stereocenters. The average Bonchev–Trinajstić information content (AvgIpc) is 2.50. The standard InChI is InChI=1S/C8H6N3O.3C2H6.4Y/c1-10-6-9-11(12)8-5-3-2-4-7(8)10;3*1-2;;;;/h2-5H,1H2;3*1-2H3;;;;/q-1;;;;;;;. The largest absolute Gasteiger partial charge is 0.720 e. The average molecular weight is 606 g/mol. The molecule has 0 amide bonds. The fraction of sp³-hybridized carbons (Fsp3) is 0.429. The van der Waals surface area contributed by atoms with E-state index in [1.807, 2.05) is 47.6 Å². The van der Waals surface area contributed by atoms with Crippen molar-refractivity contribution in [3.05, 3.63) is 29.5 Å². The predicted octanol–water partition coefficient (Wildman–Crippen LogP) is 4.24. The minimum absolute atomic E-state index is 0. The quantitative estimate of drug-likeness (QED) is 0.328. The summed E-state index contributed by atoms with van der Waals surface area (Å²) in [5, 5.41) is 15.0. The van der Waals surface area contributed by atoms with Crippen molar-refractivity contribution in [1.29, 1.82) is 0 Å². The van der Waals surface area contributed by atoms with Crippen LogP contribution in [0.2, 0.25) is 0 Å². The molecule has 8 heteroatoms. The molecule has 0 saturated heterocycles. The van der Waals surface area contributed by atoms with E-state index in [1.165, 1.54) is 4.58 Å². The van der Waals surface area contributed by atoms with E-state index in [1.54, 1.807) is 18.2 Å². The molecule has 0 aliphatic carbocycles. The van der Waals surface area contributed by atoms with Crippen LogP contribution in [0.25, 0.3) is 0 Å². The van der Waals surface area contributed by atoms with Crippen molar-refractivity contribution in [3.8, 4) is 0 Å². The van der Waals surface area contributed by atoms with Gasteiger partial charge in [0.2, 0.25) is 0 Å². The van der Waals surface area contributed by atoms with Gasteiger partial charge in [0.05, 0.1) is 5.69 Å². The fourth-order valence-electron chi connectivity index (χ4n) is 1.06. The van der Waals surface area contributed by atoms with Crippen molar-refractivity contribution < 1.29 is 135 Å². The van der Waals surface area contributed by atoms with E-state index in [-0.39, 0.29) is 131 Å². The Hall–Kier alpha value is 2.74. The second-order valence-electron chi connectivity index (χ2n) is 2.39. The van der Waals surface area contributed by atoms with Gasteiger partial charge in [-0.15, -0.1) is 0 Å². The van der Waals surface area contributed by atoms with Crippen LogP contribution in [0.4, 0.5) is 11.4 Å². The summed E-state index contributed by atoms with van der Waals surface area (Å²) in [6, 6.07) is 7.08. The first-order valence-electron chi connectivity index (χ1n) is 6.42. The van der Waals surface area contributed by atoms with Crippen LogP contribution in [-0.4, -0.2) is 17.6 Å². The number of anilines is 1. The molecule has 4 radical (unpaired) electrons. The Morgan fingerprint density at radius 1 is 0.955 bits per heavy atom. The Labute approximate surface area is 236 Å². The summed E-state index contributed by atoms with van der Waals surface area (Å²) >= 11 is 0. The molecule has 1 aliphatic rings. The monoisotopic (exact) mass is 606 g/mol. The first kappa shape index (κ1) is 39.7. The van der Waals surface area contributed by atoms with E-state index in [0.717, 1.165) is 0 Å². The van der Waals surface area contributed by atoms with Crippen molar-refractivity contribution in [1.82, 2.24) is 0 Å². The van der Waals surface area contributed by atoms with Crippen molar-refractivity contribution in [2.24, 2.45) is 5.10 Å². The van der Waals surface area contributed by atoms with Gasteiger partial charge in [0.25, 0.3) is 6.34 Å². The molecule has 0 N–H and O–H groups in total. The van der Waals surface area contributed by atoms with Crippen molar-refractivity contribution in [3.63, 3.8) is 0 Å². The number of fused-ring (bicyclic) bond motifs is 1. The first-order valence-corrected chi connectivity index (χ1v) is 6.42. The van der Waals surface area contributed by atoms with E-state index in [0.29, 0.717) is 16.5 Å². The third kappa shape index (κ3) is 15.0. The zero-order valence-electron chi connectivity index (χ0n) is 14.6. The van der Waals surface area contributed by atoms with Gasteiger partial charge in [0, 0.05) is 137 Å². The molecule has 1 aromatic carbocycles. The Morgan fingerprint density at radius 2 is 1.36 bits per heavy atom. The predicted molar refractivity (Wildman–Crippen MR) is 80.8 cm³/mol. The van der Waals surface area contributed by atoms with E-state index < -0.39 is 0 Å². The molecule has 0 saturated carbocycles. The zero-order chi connectivity index (χ0) is 14.6. The Morgan fingerprint density at radius 3 is 1.77 bits per heavy atom. The van der Waals surface area contributed by atoms with Gasteiger partial charge < -0.3 is 9.78 Å². The maximum absolute atomic E-state index is 11.1. The molecule has 0 atom stereocenters. The number of benzene rings is 1. The Balaban J connectivity index is -0.0000000580. The molecule has 4 nitrogen and oxygen atoms in total. The van der Waals surface area contributed by atoms with Crippen LogP contribution in [0.3, 0.4) is 0 Å². The number of rotatable bonds is 0. The summed E-state index contributed by atoms with van der Waals surface area (Å²) in [4.78, 5) is 0.